The highest BCUT2D eigenvalue weighted by molar-refractivity contribution is 5.73. The van der Waals surface area contributed by atoms with Crippen LogP contribution in [0.5, 0.6) is 5.75 Å². The van der Waals surface area contributed by atoms with Gasteiger partial charge in [-0.15, -0.1) is 0 Å². The van der Waals surface area contributed by atoms with Gasteiger partial charge in [0.25, 0.3) is 0 Å². The van der Waals surface area contributed by atoms with Crippen molar-refractivity contribution in [3.63, 3.8) is 0 Å². The number of carbonyl (C=O) groups is 1. The monoisotopic (exact) mass is 361 g/mol. The van der Waals surface area contributed by atoms with Crippen LogP contribution < -0.4 is 10.1 Å². The molecule has 1 aromatic rings. The Labute approximate surface area is 156 Å². The van der Waals surface area contributed by atoms with Gasteiger partial charge in [0.15, 0.2) is 0 Å². The standard InChI is InChI=1S/C21H31NO4/c1-15(24)22-17-13-20(16-7-3-2-4-8-16)26-21(14-17)18-9-5-6-10-19(18)25-12-11-23/h5-6,9-10,16-17,20-21,23H,2-4,7-8,11-14H2,1H3,(H,22,24)/t17-,20-,21+/m1/s1. The van der Waals surface area contributed by atoms with E-state index in [-0.39, 0.29) is 37.4 Å². The fourth-order valence-electron chi connectivity index (χ4n) is 4.41. The maximum absolute atomic E-state index is 11.6. The van der Waals surface area contributed by atoms with Gasteiger partial charge in [0.1, 0.15) is 12.4 Å². The van der Waals surface area contributed by atoms with Crippen LogP contribution in [-0.2, 0) is 9.53 Å². The van der Waals surface area contributed by atoms with E-state index in [1.54, 1.807) is 6.92 Å². The van der Waals surface area contributed by atoms with E-state index < -0.39 is 0 Å². The molecule has 0 unspecified atom stereocenters. The van der Waals surface area contributed by atoms with E-state index >= 15 is 0 Å². The first-order chi connectivity index (χ1) is 12.7. The normalized spacial score (nSPS) is 27.1. The number of carbonyl (C=O) groups excluding carboxylic acids is 1. The van der Waals surface area contributed by atoms with Crippen molar-refractivity contribution in [1.29, 1.82) is 0 Å². The van der Waals surface area contributed by atoms with Crippen molar-refractivity contribution in [2.45, 2.75) is 70.1 Å². The zero-order valence-electron chi connectivity index (χ0n) is 15.7. The summed E-state index contributed by atoms with van der Waals surface area (Å²) in [5.74, 6) is 1.36. The average Bonchev–Trinajstić information content (AvgIpc) is 2.66. The summed E-state index contributed by atoms with van der Waals surface area (Å²) < 4.78 is 12.3. The van der Waals surface area contributed by atoms with Crippen LogP contribution >= 0.6 is 0 Å². The minimum Gasteiger partial charge on any atom is -0.491 e. The minimum atomic E-state index is -0.0950. The second-order valence-corrected chi connectivity index (χ2v) is 7.54. The lowest BCUT2D eigenvalue weighted by molar-refractivity contribution is -0.124. The third-order valence-electron chi connectivity index (χ3n) is 5.55. The van der Waals surface area contributed by atoms with Crippen molar-refractivity contribution in [2.24, 2.45) is 5.92 Å². The van der Waals surface area contributed by atoms with Crippen LogP contribution in [0.2, 0.25) is 0 Å². The number of aliphatic hydroxyl groups excluding tert-OH is 1. The molecule has 0 radical (unpaired) electrons. The number of rotatable bonds is 6. The maximum atomic E-state index is 11.6. The van der Waals surface area contributed by atoms with Crippen LogP contribution in [0.4, 0.5) is 0 Å². The summed E-state index contributed by atoms with van der Waals surface area (Å²) in [4.78, 5) is 11.6. The Hall–Kier alpha value is -1.59. The van der Waals surface area contributed by atoms with Gasteiger partial charge in [0, 0.05) is 18.5 Å². The van der Waals surface area contributed by atoms with E-state index in [0.29, 0.717) is 5.92 Å². The molecule has 0 spiro atoms. The number of benzene rings is 1. The van der Waals surface area contributed by atoms with Crippen molar-refractivity contribution in [1.82, 2.24) is 5.32 Å². The Bertz CT molecular complexity index is 585. The number of aliphatic hydroxyl groups is 1. The molecule has 1 aliphatic heterocycles. The molecule has 144 valence electrons. The molecule has 3 atom stereocenters. The molecule has 2 aliphatic rings. The summed E-state index contributed by atoms with van der Waals surface area (Å²) in [6.07, 6.45) is 8.02. The van der Waals surface area contributed by atoms with Gasteiger partial charge in [-0.05, 0) is 37.7 Å². The molecule has 0 bridgehead atoms. The molecule has 1 heterocycles. The molecule has 5 heteroatoms. The first-order valence-electron chi connectivity index (χ1n) is 9.92. The molecule has 2 fully saturated rings. The lowest BCUT2D eigenvalue weighted by atomic mass is 9.80. The largest absolute Gasteiger partial charge is 0.491 e. The number of hydrogen-bond acceptors (Lipinski definition) is 4. The Morgan fingerprint density at radius 2 is 2.00 bits per heavy atom. The Balaban J connectivity index is 1.79. The van der Waals surface area contributed by atoms with Crippen LogP contribution in [-0.4, -0.2) is 36.4 Å². The second-order valence-electron chi connectivity index (χ2n) is 7.54. The predicted molar refractivity (Wildman–Crippen MR) is 100 cm³/mol. The first kappa shape index (κ1) is 19.2. The van der Waals surface area contributed by atoms with Gasteiger partial charge in [-0.1, -0.05) is 37.5 Å². The van der Waals surface area contributed by atoms with Gasteiger partial charge in [-0.25, -0.2) is 0 Å². The van der Waals surface area contributed by atoms with Crippen LogP contribution in [0.15, 0.2) is 24.3 Å². The Morgan fingerprint density at radius 1 is 1.23 bits per heavy atom. The highest BCUT2D eigenvalue weighted by Gasteiger charge is 2.36. The third-order valence-corrected chi connectivity index (χ3v) is 5.55. The summed E-state index contributed by atoms with van der Waals surface area (Å²) in [6, 6.07) is 8.01. The summed E-state index contributed by atoms with van der Waals surface area (Å²) in [6.45, 7) is 1.84. The van der Waals surface area contributed by atoms with E-state index in [2.05, 4.69) is 5.32 Å². The van der Waals surface area contributed by atoms with E-state index in [1.165, 1.54) is 32.1 Å². The lowest BCUT2D eigenvalue weighted by Crippen LogP contribution is -2.44. The van der Waals surface area contributed by atoms with E-state index in [1.807, 2.05) is 24.3 Å². The first-order valence-corrected chi connectivity index (χ1v) is 9.92. The molecule has 1 saturated carbocycles. The number of nitrogens with one attached hydrogen (secondary N) is 1. The quantitative estimate of drug-likeness (QED) is 0.815. The van der Waals surface area contributed by atoms with Crippen LogP contribution in [0.1, 0.15) is 63.5 Å². The molecular formula is C21H31NO4. The smallest absolute Gasteiger partial charge is 0.217 e. The van der Waals surface area contributed by atoms with Crippen molar-refractivity contribution in [2.75, 3.05) is 13.2 Å². The van der Waals surface area contributed by atoms with Gasteiger partial charge < -0.3 is 19.9 Å². The van der Waals surface area contributed by atoms with E-state index in [9.17, 15) is 4.79 Å². The zero-order valence-corrected chi connectivity index (χ0v) is 15.7. The summed E-state index contributed by atoms with van der Waals surface area (Å²) >= 11 is 0. The lowest BCUT2D eigenvalue weighted by Gasteiger charge is -2.41. The van der Waals surface area contributed by atoms with Gasteiger partial charge in [0.2, 0.25) is 5.91 Å². The van der Waals surface area contributed by atoms with Crippen LogP contribution in [0.25, 0.3) is 0 Å². The number of ether oxygens (including phenoxy) is 2. The highest BCUT2D eigenvalue weighted by atomic mass is 16.5. The molecule has 1 aromatic carbocycles. The topological polar surface area (TPSA) is 67.8 Å². The molecule has 5 nitrogen and oxygen atoms in total. The van der Waals surface area contributed by atoms with Crippen molar-refractivity contribution in [3.05, 3.63) is 29.8 Å². The van der Waals surface area contributed by atoms with Crippen LogP contribution in [0.3, 0.4) is 0 Å². The average molecular weight is 361 g/mol. The van der Waals surface area contributed by atoms with Crippen LogP contribution in [0, 0.1) is 5.92 Å². The maximum Gasteiger partial charge on any atom is 0.217 e. The van der Waals surface area contributed by atoms with Crippen molar-refractivity contribution in [3.8, 4) is 5.75 Å². The highest BCUT2D eigenvalue weighted by Crippen LogP contribution is 2.41. The van der Waals surface area contributed by atoms with Crippen molar-refractivity contribution < 1.29 is 19.4 Å². The van der Waals surface area contributed by atoms with E-state index in [0.717, 1.165) is 24.2 Å². The number of amides is 1. The molecule has 26 heavy (non-hydrogen) atoms. The Kier molecular flexibility index (Phi) is 6.92. The SMILES string of the molecule is CC(=O)N[C@H]1C[C@@H](c2ccccc2OCCO)O[C@@H](C2CCCCC2)C1. The van der Waals surface area contributed by atoms with Gasteiger partial charge in [-0.3, -0.25) is 4.79 Å². The molecule has 1 aliphatic carbocycles. The Morgan fingerprint density at radius 3 is 2.73 bits per heavy atom. The summed E-state index contributed by atoms with van der Waals surface area (Å²) in [5, 5.41) is 12.2. The molecule has 0 aromatic heterocycles. The van der Waals surface area contributed by atoms with E-state index in [4.69, 9.17) is 14.6 Å². The predicted octanol–water partition coefficient (Wildman–Crippen LogP) is 3.36. The van der Waals surface area contributed by atoms with Crippen molar-refractivity contribution >= 4 is 5.91 Å². The molecule has 3 rings (SSSR count). The summed E-state index contributed by atoms with van der Waals surface area (Å²) in [7, 11) is 0. The number of hydrogen-bond donors (Lipinski definition) is 2. The third kappa shape index (κ3) is 4.98. The zero-order chi connectivity index (χ0) is 18.4. The second kappa shape index (κ2) is 9.38. The molecule has 2 N–H and O–H groups in total. The van der Waals surface area contributed by atoms with Gasteiger partial charge in [0.05, 0.1) is 18.8 Å². The number of para-hydroxylation sites is 1. The summed E-state index contributed by atoms with van der Waals surface area (Å²) in [5.41, 5.74) is 1.01. The van der Waals surface area contributed by atoms with Gasteiger partial charge in [-0.2, -0.15) is 0 Å². The minimum absolute atomic E-state index is 0.0148. The van der Waals surface area contributed by atoms with Gasteiger partial charge >= 0.3 is 0 Å². The fourth-order valence-corrected chi connectivity index (χ4v) is 4.41. The molecular weight excluding hydrogens is 330 g/mol. The molecule has 1 saturated heterocycles. The molecule has 1 amide bonds. The fraction of sp³-hybridized carbons (Fsp3) is 0.667.